The topological polar surface area (TPSA) is 181 Å². The Morgan fingerprint density at radius 1 is 0.750 bits per heavy atom. The van der Waals surface area contributed by atoms with E-state index >= 15 is 0 Å². The SMILES string of the molecule is O=C(O)NCCN(CCNC(=O)O)C(=O)Nc1cnn(CCO)c1NC(c1ccccc1)(c1ccccc1)c1ccccc1. The van der Waals surface area contributed by atoms with E-state index in [0.29, 0.717) is 11.5 Å². The molecule has 44 heavy (non-hydrogen) atoms. The molecule has 0 saturated carbocycles. The molecule has 7 N–H and O–H groups in total. The number of hydrogen-bond acceptors (Lipinski definition) is 6. The van der Waals surface area contributed by atoms with Crippen molar-refractivity contribution < 1.29 is 29.7 Å². The van der Waals surface area contributed by atoms with Crippen LogP contribution >= 0.6 is 0 Å². The Labute approximate surface area is 254 Å². The molecule has 0 atom stereocenters. The average Bonchev–Trinajstić information content (AvgIpc) is 3.40. The number of carbonyl (C=O) groups excluding carboxylic acids is 1. The second-order valence-electron chi connectivity index (χ2n) is 9.71. The lowest BCUT2D eigenvalue weighted by molar-refractivity contribution is 0.186. The summed E-state index contributed by atoms with van der Waals surface area (Å²) in [7, 11) is 0. The van der Waals surface area contributed by atoms with Crippen molar-refractivity contribution in [1.29, 1.82) is 0 Å². The van der Waals surface area contributed by atoms with Gasteiger partial charge in [0, 0.05) is 26.2 Å². The van der Waals surface area contributed by atoms with E-state index in [1.54, 1.807) is 4.68 Å². The van der Waals surface area contributed by atoms with Crippen molar-refractivity contribution >= 4 is 29.7 Å². The third-order valence-corrected chi connectivity index (χ3v) is 6.92. The van der Waals surface area contributed by atoms with Crippen LogP contribution in [0.2, 0.25) is 0 Å². The highest BCUT2D eigenvalue weighted by atomic mass is 16.4. The number of carboxylic acid groups (broad SMARTS) is 2. The molecule has 0 aliphatic rings. The van der Waals surface area contributed by atoms with E-state index < -0.39 is 23.8 Å². The van der Waals surface area contributed by atoms with E-state index in [4.69, 9.17) is 10.2 Å². The lowest BCUT2D eigenvalue weighted by Gasteiger charge is -2.38. The van der Waals surface area contributed by atoms with Crippen LogP contribution in [0.4, 0.5) is 25.9 Å². The van der Waals surface area contributed by atoms with Crippen molar-refractivity contribution in [2.24, 2.45) is 0 Å². The molecule has 0 spiro atoms. The number of benzene rings is 3. The zero-order valence-electron chi connectivity index (χ0n) is 23.9. The van der Waals surface area contributed by atoms with Crippen molar-refractivity contribution in [3.8, 4) is 0 Å². The van der Waals surface area contributed by atoms with Crippen LogP contribution in [-0.2, 0) is 12.1 Å². The highest BCUT2D eigenvalue weighted by Gasteiger charge is 2.38. The monoisotopic (exact) mass is 601 g/mol. The minimum absolute atomic E-state index is 0.0189. The lowest BCUT2D eigenvalue weighted by Crippen LogP contribution is -2.44. The Bertz CT molecular complexity index is 1400. The van der Waals surface area contributed by atoms with Crippen LogP contribution in [0.15, 0.2) is 97.2 Å². The molecule has 1 aromatic heterocycles. The smallest absolute Gasteiger partial charge is 0.404 e. The summed E-state index contributed by atoms with van der Waals surface area (Å²) < 4.78 is 1.56. The number of nitrogens with zero attached hydrogens (tertiary/aromatic N) is 3. The number of rotatable bonds is 14. The van der Waals surface area contributed by atoms with Crippen LogP contribution in [0.3, 0.4) is 0 Å². The first kappa shape index (κ1) is 31.4. The zero-order valence-corrected chi connectivity index (χ0v) is 23.9. The number of nitrogens with one attached hydrogen (secondary N) is 4. The van der Waals surface area contributed by atoms with Crippen LogP contribution in [-0.4, -0.2) is 81.0 Å². The maximum Gasteiger partial charge on any atom is 0.404 e. The predicted molar refractivity (Wildman–Crippen MR) is 165 cm³/mol. The van der Waals surface area contributed by atoms with Gasteiger partial charge < -0.3 is 41.5 Å². The van der Waals surface area contributed by atoms with Crippen molar-refractivity contribution in [3.05, 3.63) is 114 Å². The van der Waals surface area contributed by atoms with Crippen LogP contribution in [0, 0.1) is 0 Å². The molecule has 13 nitrogen and oxygen atoms in total. The van der Waals surface area contributed by atoms with E-state index in [-0.39, 0.29) is 39.3 Å². The number of anilines is 2. The molecule has 0 radical (unpaired) electrons. The number of amides is 4. The summed E-state index contributed by atoms with van der Waals surface area (Å²) >= 11 is 0. The molecule has 0 fully saturated rings. The van der Waals surface area contributed by atoms with Crippen molar-refractivity contribution in [1.82, 2.24) is 25.3 Å². The van der Waals surface area contributed by atoms with Gasteiger partial charge >= 0.3 is 18.2 Å². The van der Waals surface area contributed by atoms with Gasteiger partial charge in [0.25, 0.3) is 0 Å². The number of urea groups is 1. The first-order valence-corrected chi connectivity index (χ1v) is 14.0. The van der Waals surface area contributed by atoms with Crippen molar-refractivity contribution in [2.75, 3.05) is 43.4 Å². The highest BCUT2D eigenvalue weighted by Crippen LogP contribution is 2.41. The molecule has 0 bridgehead atoms. The maximum absolute atomic E-state index is 13.5. The van der Waals surface area contributed by atoms with E-state index in [2.05, 4.69) is 26.4 Å². The quantitative estimate of drug-likeness (QED) is 0.107. The Kier molecular flexibility index (Phi) is 10.7. The molecule has 1 heterocycles. The summed E-state index contributed by atoms with van der Waals surface area (Å²) in [5.74, 6) is 0.413. The molecule has 230 valence electrons. The summed E-state index contributed by atoms with van der Waals surface area (Å²) in [5, 5.41) is 43.2. The summed E-state index contributed by atoms with van der Waals surface area (Å²) in [5.41, 5.74) is 2.07. The Morgan fingerprint density at radius 2 is 1.20 bits per heavy atom. The summed E-state index contributed by atoms with van der Waals surface area (Å²) in [6.45, 7) is -0.258. The van der Waals surface area contributed by atoms with Gasteiger partial charge in [-0.25, -0.2) is 19.1 Å². The molecule has 0 unspecified atom stereocenters. The van der Waals surface area contributed by atoms with Gasteiger partial charge in [-0.2, -0.15) is 5.10 Å². The fraction of sp³-hybridized carbons (Fsp3) is 0.226. The normalized spacial score (nSPS) is 10.9. The third kappa shape index (κ3) is 7.63. The molecule has 13 heteroatoms. The fourth-order valence-corrected chi connectivity index (χ4v) is 4.94. The number of aliphatic hydroxyl groups excluding tert-OH is 1. The molecular formula is C31H35N7O6. The highest BCUT2D eigenvalue weighted by molar-refractivity contribution is 5.92. The van der Waals surface area contributed by atoms with Gasteiger partial charge in [0.05, 0.1) is 19.3 Å². The van der Waals surface area contributed by atoms with Gasteiger partial charge in [-0.15, -0.1) is 0 Å². The van der Waals surface area contributed by atoms with Crippen LogP contribution < -0.4 is 21.3 Å². The van der Waals surface area contributed by atoms with Gasteiger partial charge in [-0.1, -0.05) is 91.0 Å². The molecular weight excluding hydrogens is 566 g/mol. The van der Waals surface area contributed by atoms with E-state index in [9.17, 15) is 19.5 Å². The Morgan fingerprint density at radius 3 is 1.61 bits per heavy atom. The van der Waals surface area contributed by atoms with Gasteiger partial charge in [0.1, 0.15) is 17.0 Å². The van der Waals surface area contributed by atoms with E-state index in [1.165, 1.54) is 11.1 Å². The molecule has 3 aromatic carbocycles. The van der Waals surface area contributed by atoms with Gasteiger partial charge in [-0.3, -0.25) is 0 Å². The van der Waals surface area contributed by atoms with Crippen LogP contribution in [0.5, 0.6) is 0 Å². The lowest BCUT2D eigenvalue weighted by atomic mass is 9.77. The number of aromatic nitrogens is 2. The Balaban J connectivity index is 1.77. The van der Waals surface area contributed by atoms with E-state index in [0.717, 1.165) is 16.7 Å². The van der Waals surface area contributed by atoms with E-state index in [1.807, 2.05) is 91.0 Å². The second-order valence-corrected chi connectivity index (χ2v) is 9.71. The number of carbonyl (C=O) groups is 3. The summed E-state index contributed by atoms with van der Waals surface area (Å²) in [6, 6.07) is 28.9. The largest absolute Gasteiger partial charge is 0.465 e. The average molecular weight is 602 g/mol. The van der Waals surface area contributed by atoms with Crippen LogP contribution in [0.25, 0.3) is 0 Å². The Hall–Kier alpha value is -5.56. The molecule has 0 saturated heterocycles. The second kappa shape index (κ2) is 15.1. The molecule has 4 amide bonds. The predicted octanol–water partition coefficient (Wildman–Crippen LogP) is 3.65. The van der Waals surface area contributed by atoms with Gasteiger partial charge in [-0.05, 0) is 16.7 Å². The first-order chi connectivity index (χ1) is 21.3. The van der Waals surface area contributed by atoms with Crippen molar-refractivity contribution in [2.45, 2.75) is 12.1 Å². The van der Waals surface area contributed by atoms with Crippen LogP contribution in [0.1, 0.15) is 16.7 Å². The minimum atomic E-state index is -1.25. The minimum Gasteiger partial charge on any atom is -0.465 e. The van der Waals surface area contributed by atoms with Gasteiger partial charge in [0.2, 0.25) is 0 Å². The standard InChI is InChI=1S/C31H35N7O6/c39-21-20-38-27(26(22-34-38)35-28(40)37(18-16-32-29(41)42)19-17-33-30(43)44)36-31(23-10-4-1-5-11-23,24-12-6-2-7-13-24)25-14-8-3-9-15-25/h1-15,22,32-33,36,39H,16-21H2,(H,35,40)(H,41,42)(H,43,44). The molecule has 0 aliphatic carbocycles. The summed E-state index contributed by atoms with van der Waals surface area (Å²) in [4.78, 5) is 36.8. The molecule has 4 aromatic rings. The zero-order chi connectivity index (χ0) is 31.4. The fourth-order valence-electron chi connectivity index (χ4n) is 4.94. The molecule has 4 rings (SSSR count). The first-order valence-electron chi connectivity index (χ1n) is 14.0. The van der Waals surface area contributed by atoms with Gasteiger partial charge in [0.15, 0.2) is 0 Å². The maximum atomic E-state index is 13.5. The van der Waals surface area contributed by atoms with Crippen molar-refractivity contribution in [3.63, 3.8) is 0 Å². The number of hydrogen-bond donors (Lipinski definition) is 7. The number of aliphatic hydroxyl groups is 1. The molecule has 0 aliphatic heterocycles. The third-order valence-electron chi connectivity index (χ3n) is 6.92. The summed E-state index contributed by atoms with van der Waals surface area (Å²) in [6.07, 6.45) is -1.03.